The van der Waals surface area contributed by atoms with E-state index < -0.39 is 28.1 Å². The number of methoxy groups -OCH3 is 1. The molecule has 110 valence electrons. The zero-order valence-corrected chi connectivity index (χ0v) is 12.1. The van der Waals surface area contributed by atoms with Gasteiger partial charge in [0.15, 0.2) is 0 Å². The van der Waals surface area contributed by atoms with Crippen molar-refractivity contribution in [2.75, 3.05) is 13.7 Å². The van der Waals surface area contributed by atoms with Gasteiger partial charge in [0.1, 0.15) is 6.04 Å². The molecule has 0 aliphatic carbocycles. The van der Waals surface area contributed by atoms with Crippen molar-refractivity contribution in [3.05, 3.63) is 29.8 Å². The summed E-state index contributed by atoms with van der Waals surface area (Å²) in [7, 11) is -2.63. The van der Waals surface area contributed by atoms with Crippen molar-refractivity contribution in [1.29, 1.82) is 0 Å². The maximum absolute atomic E-state index is 12.6. The number of aliphatic hydroxyl groups excluding tert-OH is 1. The lowest BCUT2D eigenvalue weighted by molar-refractivity contribution is -0.144. The number of sulfonamides is 1. The minimum Gasteiger partial charge on any atom is -0.468 e. The molecule has 0 spiro atoms. The van der Waals surface area contributed by atoms with E-state index in [0.29, 0.717) is 0 Å². The minimum atomic E-state index is -3.83. The number of carbonyl (C=O) groups is 1. The molecule has 0 saturated carbocycles. The Balaban J connectivity index is 2.40. The van der Waals surface area contributed by atoms with Crippen molar-refractivity contribution >= 4 is 16.0 Å². The van der Waals surface area contributed by atoms with Crippen molar-refractivity contribution in [3.8, 4) is 0 Å². The summed E-state index contributed by atoms with van der Waals surface area (Å²) in [6.45, 7) is 1.69. The molecular formula is C13H17NO5S. The van der Waals surface area contributed by atoms with Crippen LogP contribution >= 0.6 is 0 Å². The third-order valence-corrected chi connectivity index (χ3v) is 5.17. The summed E-state index contributed by atoms with van der Waals surface area (Å²) in [6.07, 6.45) is -0.809. The van der Waals surface area contributed by atoms with E-state index in [1.54, 1.807) is 19.1 Å². The fraction of sp³-hybridized carbons (Fsp3) is 0.462. The Kier molecular flexibility index (Phi) is 4.12. The number of aryl methyl sites for hydroxylation is 1. The van der Waals surface area contributed by atoms with Gasteiger partial charge in [0, 0.05) is 13.0 Å². The number of nitrogens with zero attached hydrogens (tertiary/aromatic N) is 1. The average molecular weight is 299 g/mol. The van der Waals surface area contributed by atoms with E-state index in [0.717, 1.165) is 9.87 Å². The molecule has 7 heteroatoms. The van der Waals surface area contributed by atoms with Crippen LogP contribution in [0.4, 0.5) is 0 Å². The molecule has 2 atom stereocenters. The first-order valence-electron chi connectivity index (χ1n) is 6.20. The number of rotatable bonds is 3. The van der Waals surface area contributed by atoms with Crippen molar-refractivity contribution < 1.29 is 23.1 Å². The van der Waals surface area contributed by atoms with Crippen molar-refractivity contribution in [2.24, 2.45) is 0 Å². The largest absolute Gasteiger partial charge is 0.468 e. The smallest absolute Gasteiger partial charge is 0.324 e. The highest BCUT2D eigenvalue weighted by atomic mass is 32.2. The number of β-amino-alcohol motifs (C(OH)–C–C–N with tert-alkyl or cyclic N) is 1. The van der Waals surface area contributed by atoms with Crippen LogP contribution in [-0.4, -0.2) is 49.6 Å². The quantitative estimate of drug-likeness (QED) is 0.811. The van der Waals surface area contributed by atoms with Gasteiger partial charge in [-0.25, -0.2) is 8.42 Å². The Morgan fingerprint density at radius 1 is 1.45 bits per heavy atom. The van der Waals surface area contributed by atoms with Gasteiger partial charge in [-0.15, -0.1) is 0 Å². The summed E-state index contributed by atoms with van der Waals surface area (Å²) in [5.41, 5.74) is 0.806. The predicted molar refractivity (Wildman–Crippen MR) is 71.5 cm³/mol. The molecule has 1 fully saturated rings. The Hall–Kier alpha value is -1.44. The van der Waals surface area contributed by atoms with Gasteiger partial charge in [0.2, 0.25) is 10.0 Å². The van der Waals surface area contributed by atoms with Crippen LogP contribution in [0.25, 0.3) is 0 Å². The van der Waals surface area contributed by atoms with Crippen LogP contribution in [0.15, 0.2) is 29.2 Å². The predicted octanol–water partition coefficient (Wildman–Crippen LogP) is 0.292. The van der Waals surface area contributed by atoms with Crippen LogP contribution in [-0.2, 0) is 19.6 Å². The van der Waals surface area contributed by atoms with Gasteiger partial charge < -0.3 is 9.84 Å². The molecule has 0 radical (unpaired) electrons. The molecule has 1 heterocycles. The molecule has 0 bridgehead atoms. The summed E-state index contributed by atoms with van der Waals surface area (Å²) in [5, 5.41) is 9.67. The minimum absolute atomic E-state index is 0.0533. The molecule has 1 aromatic carbocycles. The second-order valence-corrected chi connectivity index (χ2v) is 6.71. The monoisotopic (exact) mass is 299 g/mol. The Morgan fingerprint density at radius 3 is 2.75 bits per heavy atom. The number of hydrogen-bond donors (Lipinski definition) is 1. The van der Waals surface area contributed by atoms with Gasteiger partial charge in [-0.2, -0.15) is 4.31 Å². The fourth-order valence-electron chi connectivity index (χ4n) is 2.31. The van der Waals surface area contributed by atoms with E-state index in [9.17, 15) is 18.3 Å². The number of hydrogen-bond acceptors (Lipinski definition) is 5. The molecule has 1 aliphatic heterocycles. The first-order chi connectivity index (χ1) is 9.36. The molecule has 1 aliphatic rings. The zero-order chi connectivity index (χ0) is 14.9. The molecule has 6 nitrogen and oxygen atoms in total. The summed E-state index contributed by atoms with van der Waals surface area (Å²) < 4.78 is 30.8. The molecule has 1 N–H and O–H groups in total. The summed E-state index contributed by atoms with van der Waals surface area (Å²) >= 11 is 0. The highest BCUT2D eigenvalue weighted by Gasteiger charge is 2.44. The molecule has 2 unspecified atom stereocenters. The van der Waals surface area contributed by atoms with E-state index in [2.05, 4.69) is 4.74 Å². The number of aliphatic hydroxyl groups is 1. The van der Waals surface area contributed by atoms with Gasteiger partial charge in [-0.3, -0.25) is 4.79 Å². The lowest BCUT2D eigenvalue weighted by Crippen LogP contribution is -2.41. The number of esters is 1. The number of ether oxygens (including phenoxy) is 1. The van der Waals surface area contributed by atoms with Crippen molar-refractivity contribution in [3.63, 3.8) is 0 Å². The van der Waals surface area contributed by atoms with Gasteiger partial charge in [-0.05, 0) is 24.6 Å². The van der Waals surface area contributed by atoms with E-state index in [4.69, 9.17) is 0 Å². The normalized spacial score (nSPS) is 23.8. The Labute approximate surface area is 118 Å². The molecule has 0 aromatic heterocycles. The Bertz CT molecular complexity index is 613. The molecule has 2 rings (SSSR count). The first-order valence-corrected chi connectivity index (χ1v) is 7.64. The third kappa shape index (κ3) is 2.70. The fourth-order valence-corrected chi connectivity index (χ4v) is 4.04. The highest BCUT2D eigenvalue weighted by molar-refractivity contribution is 7.89. The van der Waals surface area contributed by atoms with Crippen LogP contribution < -0.4 is 0 Å². The molecule has 20 heavy (non-hydrogen) atoms. The molecule has 1 aromatic rings. The van der Waals surface area contributed by atoms with E-state index in [1.807, 2.05) is 0 Å². The molecule has 1 saturated heterocycles. The number of carbonyl (C=O) groups excluding carboxylic acids is 1. The standard InChI is InChI=1S/C13H17NO5S/c1-9-4-3-5-11(6-9)20(17,18)14-8-10(15)7-12(14)13(16)19-2/h3-6,10,12,15H,7-8H2,1-2H3. The van der Waals surface area contributed by atoms with E-state index >= 15 is 0 Å². The summed E-state index contributed by atoms with van der Waals surface area (Å²) in [5.74, 6) is -0.655. The summed E-state index contributed by atoms with van der Waals surface area (Å²) in [4.78, 5) is 11.8. The van der Waals surface area contributed by atoms with Gasteiger partial charge in [-0.1, -0.05) is 12.1 Å². The van der Waals surface area contributed by atoms with Crippen LogP contribution in [0.5, 0.6) is 0 Å². The van der Waals surface area contributed by atoms with E-state index in [-0.39, 0.29) is 17.9 Å². The maximum atomic E-state index is 12.6. The van der Waals surface area contributed by atoms with E-state index in [1.165, 1.54) is 19.2 Å². The highest BCUT2D eigenvalue weighted by Crippen LogP contribution is 2.27. The third-order valence-electron chi connectivity index (χ3n) is 3.30. The van der Waals surface area contributed by atoms with Gasteiger partial charge in [0.05, 0.1) is 18.1 Å². The average Bonchev–Trinajstić information content (AvgIpc) is 2.80. The zero-order valence-electron chi connectivity index (χ0n) is 11.3. The lowest BCUT2D eigenvalue weighted by atomic mass is 10.2. The Morgan fingerprint density at radius 2 is 2.15 bits per heavy atom. The van der Waals surface area contributed by atoms with Crippen molar-refractivity contribution in [1.82, 2.24) is 4.31 Å². The second-order valence-electron chi connectivity index (χ2n) is 4.82. The number of benzene rings is 1. The van der Waals surface area contributed by atoms with Crippen LogP contribution in [0.1, 0.15) is 12.0 Å². The molecule has 0 amide bonds. The second kappa shape index (κ2) is 5.51. The topological polar surface area (TPSA) is 83.9 Å². The van der Waals surface area contributed by atoms with Crippen LogP contribution in [0.2, 0.25) is 0 Å². The maximum Gasteiger partial charge on any atom is 0.324 e. The van der Waals surface area contributed by atoms with Crippen LogP contribution in [0, 0.1) is 6.92 Å². The van der Waals surface area contributed by atoms with Gasteiger partial charge in [0.25, 0.3) is 0 Å². The lowest BCUT2D eigenvalue weighted by Gasteiger charge is -2.21. The SMILES string of the molecule is COC(=O)C1CC(O)CN1S(=O)(=O)c1cccc(C)c1. The van der Waals surface area contributed by atoms with Gasteiger partial charge >= 0.3 is 5.97 Å². The summed E-state index contributed by atoms with van der Waals surface area (Å²) in [6, 6.07) is 5.47. The van der Waals surface area contributed by atoms with Crippen LogP contribution in [0.3, 0.4) is 0 Å². The van der Waals surface area contributed by atoms with Crippen molar-refractivity contribution in [2.45, 2.75) is 30.4 Å². The molecular weight excluding hydrogens is 282 g/mol. The first kappa shape index (κ1) is 15.0.